The minimum atomic E-state index is -0.0366. The molecular formula is C18H20O5. The van der Waals surface area contributed by atoms with Gasteiger partial charge in [-0.2, -0.15) is 0 Å². The average Bonchev–Trinajstić information content (AvgIpc) is 2.58. The lowest BCUT2D eigenvalue weighted by atomic mass is 10.1. The maximum Gasteiger partial charge on any atom is 0.203 e. The maximum absolute atomic E-state index is 11.6. The van der Waals surface area contributed by atoms with Crippen LogP contribution in [0.4, 0.5) is 0 Å². The number of ketones is 1. The second-order valence-electron chi connectivity index (χ2n) is 4.87. The van der Waals surface area contributed by atoms with Crippen molar-refractivity contribution < 1.29 is 23.7 Å². The van der Waals surface area contributed by atoms with Crippen LogP contribution in [0.15, 0.2) is 36.4 Å². The van der Waals surface area contributed by atoms with E-state index in [2.05, 4.69) is 0 Å². The molecule has 0 unspecified atom stereocenters. The van der Waals surface area contributed by atoms with Crippen molar-refractivity contribution >= 4 is 5.78 Å². The molecule has 0 aliphatic heterocycles. The van der Waals surface area contributed by atoms with E-state index in [0.717, 1.165) is 5.56 Å². The molecule has 0 atom stereocenters. The third-order valence-corrected chi connectivity index (χ3v) is 3.39. The van der Waals surface area contributed by atoms with Crippen LogP contribution in [0.1, 0.15) is 22.8 Å². The molecular weight excluding hydrogens is 296 g/mol. The van der Waals surface area contributed by atoms with E-state index in [1.54, 1.807) is 33.5 Å². The largest absolute Gasteiger partial charge is 0.493 e. The summed E-state index contributed by atoms with van der Waals surface area (Å²) in [7, 11) is 4.68. The zero-order valence-corrected chi connectivity index (χ0v) is 13.7. The summed E-state index contributed by atoms with van der Waals surface area (Å²) < 4.78 is 21.7. The number of hydrogen-bond acceptors (Lipinski definition) is 5. The average molecular weight is 316 g/mol. The van der Waals surface area contributed by atoms with Gasteiger partial charge in [0.2, 0.25) is 5.75 Å². The van der Waals surface area contributed by atoms with Gasteiger partial charge in [0.25, 0.3) is 0 Å². The van der Waals surface area contributed by atoms with E-state index in [1.165, 1.54) is 6.92 Å². The molecule has 2 aromatic carbocycles. The van der Waals surface area contributed by atoms with Crippen LogP contribution in [-0.4, -0.2) is 27.1 Å². The topological polar surface area (TPSA) is 54.0 Å². The molecule has 0 aliphatic rings. The Morgan fingerprint density at radius 1 is 0.913 bits per heavy atom. The molecule has 0 spiro atoms. The molecule has 0 saturated heterocycles. The van der Waals surface area contributed by atoms with Crippen LogP contribution in [0.25, 0.3) is 0 Å². The molecule has 0 radical (unpaired) electrons. The molecule has 0 saturated carbocycles. The lowest BCUT2D eigenvalue weighted by Crippen LogP contribution is -2.03. The molecule has 0 N–H and O–H groups in total. The fourth-order valence-electron chi connectivity index (χ4n) is 2.26. The number of para-hydroxylation sites is 1. The molecule has 0 amide bonds. The Labute approximate surface area is 135 Å². The van der Waals surface area contributed by atoms with Gasteiger partial charge in [-0.1, -0.05) is 12.1 Å². The van der Waals surface area contributed by atoms with Gasteiger partial charge in [0.15, 0.2) is 17.3 Å². The Morgan fingerprint density at radius 2 is 1.52 bits per heavy atom. The van der Waals surface area contributed by atoms with E-state index >= 15 is 0 Å². The number of carbonyl (C=O) groups excluding carboxylic acids is 1. The highest BCUT2D eigenvalue weighted by Crippen LogP contribution is 2.38. The van der Waals surface area contributed by atoms with Crippen LogP contribution in [-0.2, 0) is 6.61 Å². The summed E-state index contributed by atoms with van der Waals surface area (Å²) in [6, 6.07) is 10.8. The summed E-state index contributed by atoms with van der Waals surface area (Å²) >= 11 is 0. The quantitative estimate of drug-likeness (QED) is 0.732. The van der Waals surface area contributed by atoms with Crippen LogP contribution in [0.5, 0.6) is 23.0 Å². The van der Waals surface area contributed by atoms with E-state index in [1.807, 2.05) is 24.3 Å². The SMILES string of the molecule is COc1cc(COc2ccccc2C(C)=O)cc(OC)c1OC. The smallest absolute Gasteiger partial charge is 0.203 e. The van der Waals surface area contributed by atoms with Gasteiger partial charge in [-0.05, 0) is 36.8 Å². The van der Waals surface area contributed by atoms with Crippen molar-refractivity contribution in [3.05, 3.63) is 47.5 Å². The van der Waals surface area contributed by atoms with Gasteiger partial charge in [0.05, 0.1) is 26.9 Å². The van der Waals surface area contributed by atoms with Crippen molar-refractivity contribution in [2.24, 2.45) is 0 Å². The molecule has 0 heterocycles. The second kappa shape index (κ2) is 7.54. The predicted molar refractivity (Wildman–Crippen MR) is 86.9 cm³/mol. The number of carbonyl (C=O) groups is 1. The maximum atomic E-state index is 11.6. The van der Waals surface area contributed by atoms with Gasteiger partial charge in [-0.15, -0.1) is 0 Å². The second-order valence-corrected chi connectivity index (χ2v) is 4.87. The summed E-state index contributed by atoms with van der Waals surface area (Å²) in [4.78, 5) is 11.6. The number of hydrogen-bond donors (Lipinski definition) is 0. The summed E-state index contributed by atoms with van der Waals surface area (Å²) in [6.45, 7) is 1.79. The highest BCUT2D eigenvalue weighted by Gasteiger charge is 2.14. The van der Waals surface area contributed by atoms with Crippen molar-refractivity contribution in [1.82, 2.24) is 0 Å². The van der Waals surface area contributed by atoms with Gasteiger partial charge in [-0.25, -0.2) is 0 Å². The number of methoxy groups -OCH3 is 3. The first kappa shape index (κ1) is 16.7. The van der Waals surface area contributed by atoms with Crippen LogP contribution < -0.4 is 18.9 Å². The fraction of sp³-hybridized carbons (Fsp3) is 0.278. The van der Waals surface area contributed by atoms with Crippen molar-refractivity contribution in [2.75, 3.05) is 21.3 Å². The predicted octanol–water partition coefficient (Wildman–Crippen LogP) is 3.49. The zero-order valence-electron chi connectivity index (χ0n) is 13.7. The number of Topliss-reactive ketones (excluding diaryl/α,β-unsaturated/α-hetero) is 1. The molecule has 5 heteroatoms. The van der Waals surface area contributed by atoms with Crippen LogP contribution >= 0.6 is 0 Å². The molecule has 122 valence electrons. The Balaban J connectivity index is 2.26. The summed E-state index contributed by atoms with van der Waals surface area (Å²) in [5.41, 5.74) is 1.40. The molecule has 23 heavy (non-hydrogen) atoms. The summed E-state index contributed by atoms with van der Waals surface area (Å²) in [5.74, 6) is 2.16. The van der Waals surface area contributed by atoms with E-state index in [4.69, 9.17) is 18.9 Å². The van der Waals surface area contributed by atoms with Crippen molar-refractivity contribution in [1.29, 1.82) is 0 Å². The third kappa shape index (κ3) is 3.74. The first-order valence-electron chi connectivity index (χ1n) is 7.12. The summed E-state index contributed by atoms with van der Waals surface area (Å²) in [6.07, 6.45) is 0. The third-order valence-electron chi connectivity index (χ3n) is 3.39. The molecule has 0 aromatic heterocycles. The van der Waals surface area contributed by atoms with E-state index in [-0.39, 0.29) is 12.4 Å². The van der Waals surface area contributed by atoms with Crippen molar-refractivity contribution in [3.63, 3.8) is 0 Å². The van der Waals surface area contributed by atoms with Gasteiger partial charge < -0.3 is 18.9 Å². The Bertz CT molecular complexity index is 669. The van der Waals surface area contributed by atoms with Gasteiger partial charge in [-0.3, -0.25) is 4.79 Å². The normalized spacial score (nSPS) is 10.1. The van der Waals surface area contributed by atoms with Crippen LogP contribution in [0.3, 0.4) is 0 Å². The monoisotopic (exact) mass is 316 g/mol. The highest BCUT2D eigenvalue weighted by atomic mass is 16.5. The lowest BCUT2D eigenvalue weighted by Gasteiger charge is -2.15. The van der Waals surface area contributed by atoms with Crippen molar-refractivity contribution in [3.8, 4) is 23.0 Å². The fourth-order valence-corrected chi connectivity index (χ4v) is 2.26. The van der Waals surface area contributed by atoms with E-state index in [9.17, 15) is 4.79 Å². The van der Waals surface area contributed by atoms with Gasteiger partial charge >= 0.3 is 0 Å². The Morgan fingerprint density at radius 3 is 2.04 bits per heavy atom. The van der Waals surface area contributed by atoms with E-state index in [0.29, 0.717) is 28.6 Å². The number of ether oxygens (including phenoxy) is 4. The first-order chi connectivity index (χ1) is 11.1. The highest BCUT2D eigenvalue weighted by molar-refractivity contribution is 5.96. The molecule has 0 bridgehead atoms. The Hall–Kier alpha value is -2.69. The summed E-state index contributed by atoms with van der Waals surface area (Å²) in [5, 5.41) is 0. The molecule has 2 rings (SSSR count). The zero-order chi connectivity index (χ0) is 16.8. The van der Waals surface area contributed by atoms with Gasteiger partial charge in [0, 0.05) is 0 Å². The molecule has 2 aromatic rings. The minimum absolute atomic E-state index is 0.0366. The van der Waals surface area contributed by atoms with Gasteiger partial charge in [0.1, 0.15) is 12.4 Å². The minimum Gasteiger partial charge on any atom is -0.493 e. The van der Waals surface area contributed by atoms with Crippen molar-refractivity contribution in [2.45, 2.75) is 13.5 Å². The van der Waals surface area contributed by atoms with Crippen LogP contribution in [0.2, 0.25) is 0 Å². The number of benzene rings is 2. The molecule has 0 aliphatic carbocycles. The Kier molecular flexibility index (Phi) is 5.46. The standard InChI is InChI=1S/C18H20O5/c1-12(19)14-7-5-6-8-15(14)23-11-13-9-16(20-2)18(22-4)17(10-13)21-3/h5-10H,11H2,1-4H3. The van der Waals surface area contributed by atoms with Crippen LogP contribution in [0, 0.1) is 0 Å². The number of rotatable bonds is 7. The van der Waals surface area contributed by atoms with E-state index < -0.39 is 0 Å². The lowest BCUT2D eigenvalue weighted by molar-refractivity contribution is 0.101. The first-order valence-corrected chi connectivity index (χ1v) is 7.12. The molecule has 0 fully saturated rings. The molecule has 5 nitrogen and oxygen atoms in total.